The molecule has 0 radical (unpaired) electrons. The molecule has 1 unspecified atom stereocenters. The third-order valence-corrected chi connectivity index (χ3v) is 3.09. The van der Waals surface area contributed by atoms with Crippen LogP contribution in [-0.4, -0.2) is 25.1 Å². The van der Waals surface area contributed by atoms with Gasteiger partial charge in [0.05, 0.1) is 14.2 Å². The lowest BCUT2D eigenvalue weighted by atomic mass is 9.99. The molecule has 0 fully saturated rings. The molecular formula is C14H16O4. The molecule has 0 bridgehead atoms. The summed E-state index contributed by atoms with van der Waals surface area (Å²) in [5.74, 6) is 1.16. The van der Waals surface area contributed by atoms with E-state index < -0.39 is 6.10 Å². The Bertz CT molecular complexity index is 491. The molecule has 0 aliphatic heterocycles. The van der Waals surface area contributed by atoms with Gasteiger partial charge in [-0.05, 0) is 18.6 Å². The summed E-state index contributed by atoms with van der Waals surface area (Å²) in [6.45, 7) is 0. The lowest BCUT2D eigenvalue weighted by Crippen LogP contribution is -2.09. The first kappa shape index (κ1) is 12.6. The Labute approximate surface area is 106 Å². The molecule has 0 spiro atoms. The summed E-state index contributed by atoms with van der Waals surface area (Å²) in [7, 11) is 3.09. The molecule has 0 aromatic heterocycles. The smallest absolute Gasteiger partial charge is 0.161 e. The van der Waals surface area contributed by atoms with E-state index >= 15 is 0 Å². The van der Waals surface area contributed by atoms with Crippen LogP contribution in [0.4, 0.5) is 0 Å². The first-order valence-corrected chi connectivity index (χ1v) is 5.80. The molecule has 2 rings (SSSR count). The van der Waals surface area contributed by atoms with Crippen LogP contribution in [0.1, 0.15) is 24.5 Å². The van der Waals surface area contributed by atoms with Gasteiger partial charge >= 0.3 is 0 Å². The number of aliphatic hydroxyl groups excluding tert-OH is 1. The number of rotatable bonds is 4. The number of benzene rings is 1. The fourth-order valence-electron chi connectivity index (χ4n) is 2.09. The van der Waals surface area contributed by atoms with E-state index in [1.807, 2.05) is 0 Å². The van der Waals surface area contributed by atoms with Crippen LogP contribution >= 0.6 is 0 Å². The van der Waals surface area contributed by atoms with Crippen LogP contribution < -0.4 is 9.47 Å². The maximum absolute atomic E-state index is 11.6. The fraction of sp³-hybridized carbons (Fsp3) is 0.357. The largest absolute Gasteiger partial charge is 0.497 e. The van der Waals surface area contributed by atoms with E-state index in [4.69, 9.17) is 9.47 Å². The van der Waals surface area contributed by atoms with Crippen molar-refractivity contribution in [3.8, 4) is 11.5 Å². The van der Waals surface area contributed by atoms with Gasteiger partial charge in [0.15, 0.2) is 5.78 Å². The fourth-order valence-corrected chi connectivity index (χ4v) is 2.09. The van der Waals surface area contributed by atoms with Crippen LogP contribution in [-0.2, 0) is 4.79 Å². The summed E-state index contributed by atoms with van der Waals surface area (Å²) < 4.78 is 10.3. The van der Waals surface area contributed by atoms with Crippen molar-refractivity contribution < 1.29 is 19.4 Å². The molecule has 1 N–H and O–H groups in total. The Morgan fingerprint density at radius 2 is 2.06 bits per heavy atom. The van der Waals surface area contributed by atoms with Crippen LogP contribution in [0.25, 0.3) is 0 Å². The number of ketones is 1. The highest BCUT2D eigenvalue weighted by atomic mass is 16.5. The van der Waals surface area contributed by atoms with Gasteiger partial charge in [-0.3, -0.25) is 4.79 Å². The van der Waals surface area contributed by atoms with Crippen molar-refractivity contribution in [3.63, 3.8) is 0 Å². The van der Waals surface area contributed by atoms with Crippen molar-refractivity contribution in [2.24, 2.45) is 0 Å². The van der Waals surface area contributed by atoms with Crippen LogP contribution in [0.5, 0.6) is 11.5 Å². The number of carbonyl (C=O) groups excluding carboxylic acids is 1. The van der Waals surface area contributed by atoms with E-state index in [2.05, 4.69) is 0 Å². The molecular weight excluding hydrogens is 232 g/mol. The molecule has 0 amide bonds. The maximum atomic E-state index is 11.6. The summed E-state index contributed by atoms with van der Waals surface area (Å²) in [6, 6.07) is 5.15. The summed E-state index contributed by atoms with van der Waals surface area (Å²) in [6.07, 6.45) is 2.03. The van der Waals surface area contributed by atoms with Gasteiger partial charge in [0.25, 0.3) is 0 Å². The zero-order valence-electron chi connectivity index (χ0n) is 10.5. The third kappa shape index (κ3) is 2.24. The van der Waals surface area contributed by atoms with Crippen molar-refractivity contribution in [2.45, 2.75) is 18.9 Å². The standard InChI is InChI=1S/C14H16O4/c1-17-9-6-7-11(13(8-9)18-2)14(16)10-4-3-5-12(10)15/h4,6-8,14,16H,3,5H2,1-2H3. The van der Waals surface area contributed by atoms with E-state index in [9.17, 15) is 9.90 Å². The topological polar surface area (TPSA) is 55.8 Å². The van der Waals surface area contributed by atoms with Crippen LogP contribution in [0.15, 0.2) is 29.8 Å². The molecule has 4 heteroatoms. The molecule has 1 aliphatic rings. The van der Waals surface area contributed by atoms with Gasteiger partial charge in [0.2, 0.25) is 0 Å². The van der Waals surface area contributed by atoms with Crippen molar-refractivity contribution >= 4 is 5.78 Å². The number of carbonyl (C=O) groups is 1. The SMILES string of the molecule is COc1ccc(C(O)C2=CCCC2=O)c(OC)c1. The number of hydrogen-bond donors (Lipinski definition) is 1. The molecule has 4 nitrogen and oxygen atoms in total. The zero-order chi connectivity index (χ0) is 13.1. The molecule has 1 aromatic rings. The Morgan fingerprint density at radius 1 is 1.28 bits per heavy atom. The normalized spacial score (nSPS) is 16.4. The third-order valence-electron chi connectivity index (χ3n) is 3.09. The van der Waals surface area contributed by atoms with Gasteiger partial charge in [0.1, 0.15) is 17.6 Å². The second-order valence-corrected chi connectivity index (χ2v) is 4.13. The summed E-state index contributed by atoms with van der Waals surface area (Å²) in [4.78, 5) is 11.6. The Hall–Kier alpha value is -1.81. The number of Topliss-reactive ketones (excluding diaryl/α,β-unsaturated/α-hetero) is 1. The van der Waals surface area contributed by atoms with Gasteiger partial charge < -0.3 is 14.6 Å². The lowest BCUT2D eigenvalue weighted by Gasteiger charge is -2.16. The van der Waals surface area contributed by atoms with E-state index in [1.165, 1.54) is 7.11 Å². The van der Waals surface area contributed by atoms with Gasteiger partial charge in [-0.1, -0.05) is 6.08 Å². The highest BCUT2D eigenvalue weighted by molar-refractivity contribution is 5.98. The second-order valence-electron chi connectivity index (χ2n) is 4.13. The molecule has 18 heavy (non-hydrogen) atoms. The summed E-state index contributed by atoms with van der Waals surface area (Å²) in [5, 5.41) is 10.3. The van der Waals surface area contributed by atoms with E-state index in [0.29, 0.717) is 35.5 Å². The molecule has 1 aromatic carbocycles. The average molecular weight is 248 g/mol. The molecule has 0 saturated heterocycles. The number of hydrogen-bond acceptors (Lipinski definition) is 4. The highest BCUT2D eigenvalue weighted by Crippen LogP contribution is 2.35. The van der Waals surface area contributed by atoms with Crippen molar-refractivity contribution in [1.29, 1.82) is 0 Å². The molecule has 96 valence electrons. The minimum Gasteiger partial charge on any atom is -0.497 e. The highest BCUT2D eigenvalue weighted by Gasteiger charge is 2.25. The Kier molecular flexibility index (Phi) is 3.67. The Morgan fingerprint density at radius 3 is 2.61 bits per heavy atom. The quantitative estimate of drug-likeness (QED) is 0.885. The number of ether oxygens (including phenoxy) is 2. The van der Waals surface area contributed by atoms with Gasteiger partial charge in [-0.2, -0.15) is 0 Å². The number of allylic oxidation sites excluding steroid dienone is 1. The van der Waals surface area contributed by atoms with E-state index in [0.717, 1.165) is 0 Å². The minimum atomic E-state index is -0.930. The molecule has 1 atom stereocenters. The first-order valence-electron chi connectivity index (χ1n) is 5.80. The maximum Gasteiger partial charge on any atom is 0.161 e. The van der Waals surface area contributed by atoms with Crippen molar-refractivity contribution in [3.05, 3.63) is 35.4 Å². The van der Waals surface area contributed by atoms with Gasteiger partial charge in [-0.25, -0.2) is 0 Å². The zero-order valence-corrected chi connectivity index (χ0v) is 10.5. The monoisotopic (exact) mass is 248 g/mol. The molecule has 0 saturated carbocycles. The summed E-state index contributed by atoms with van der Waals surface area (Å²) in [5.41, 5.74) is 1.04. The van der Waals surface area contributed by atoms with Crippen molar-refractivity contribution in [1.82, 2.24) is 0 Å². The van der Waals surface area contributed by atoms with Crippen molar-refractivity contribution in [2.75, 3.05) is 14.2 Å². The number of methoxy groups -OCH3 is 2. The second kappa shape index (κ2) is 5.23. The predicted molar refractivity (Wildman–Crippen MR) is 66.8 cm³/mol. The van der Waals surface area contributed by atoms with E-state index in [-0.39, 0.29) is 5.78 Å². The first-order chi connectivity index (χ1) is 8.67. The summed E-state index contributed by atoms with van der Waals surface area (Å²) >= 11 is 0. The Balaban J connectivity index is 2.35. The van der Waals surface area contributed by atoms with E-state index in [1.54, 1.807) is 31.4 Å². The van der Waals surface area contributed by atoms with Crippen LogP contribution in [0.3, 0.4) is 0 Å². The van der Waals surface area contributed by atoms with Gasteiger partial charge in [0, 0.05) is 23.6 Å². The minimum absolute atomic E-state index is 0.000344. The lowest BCUT2D eigenvalue weighted by molar-refractivity contribution is -0.115. The molecule has 0 heterocycles. The predicted octanol–water partition coefficient (Wildman–Crippen LogP) is 2.03. The van der Waals surface area contributed by atoms with Gasteiger partial charge in [-0.15, -0.1) is 0 Å². The van der Waals surface area contributed by atoms with Crippen LogP contribution in [0.2, 0.25) is 0 Å². The average Bonchev–Trinajstić information content (AvgIpc) is 2.83. The molecule has 1 aliphatic carbocycles. The van der Waals surface area contributed by atoms with Crippen LogP contribution in [0, 0.1) is 0 Å². The number of aliphatic hydroxyl groups is 1.